The number of likely N-dealkylation sites (tertiary alicyclic amines) is 1. The summed E-state index contributed by atoms with van der Waals surface area (Å²) in [6.45, 7) is 7.92. The van der Waals surface area contributed by atoms with Crippen molar-refractivity contribution >= 4 is 21.7 Å². The van der Waals surface area contributed by atoms with Crippen LogP contribution in [0.4, 0.5) is 5.82 Å². The number of hydrogen-bond donors (Lipinski definition) is 1. The van der Waals surface area contributed by atoms with E-state index in [9.17, 15) is 0 Å². The molecule has 1 aliphatic heterocycles. The lowest BCUT2D eigenvalue weighted by molar-refractivity contribution is 0.327. The Morgan fingerprint density at radius 3 is 2.82 bits per heavy atom. The standard InChI is InChI=1S/C13H20BrN3/c1-10-7-12(14)8-15-13(10)16-11(2)9-17-5-3-4-6-17/h7-8,11H,3-6,9H2,1-2H3,(H,15,16). The number of halogens is 1. The van der Waals surface area contributed by atoms with Crippen LogP contribution in [0.25, 0.3) is 0 Å². The Hall–Kier alpha value is -0.610. The molecule has 2 rings (SSSR count). The van der Waals surface area contributed by atoms with Gasteiger partial charge in [0, 0.05) is 23.3 Å². The van der Waals surface area contributed by atoms with Crippen LogP contribution in [0.1, 0.15) is 25.3 Å². The van der Waals surface area contributed by atoms with Gasteiger partial charge >= 0.3 is 0 Å². The minimum Gasteiger partial charge on any atom is -0.366 e. The molecule has 1 aromatic rings. The fourth-order valence-electron chi connectivity index (χ4n) is 2.32. The Morgan fingerprint density at radius 1 is 1.47 bits per heavy atom. The van der Waals surface area contributed by atoms with Crippen molar-refractivity contribution < 1.29 is 0 Å². The molecule has 1 fully saturated rings. The maximum absolute atomic E-state index is 4.42. The van der Waals surface area contributed by atoms with Crippen LogP contribution in [0.15, 0.2) is 16.7 Å². The summed E-state index contributed by atoms with van der Waals surface area (Å²) in [5.41, 5.74) is 1.19. The van der Waals surface area contributed by atoms with E-state index in [0.29, 0.717) is 6.04 Å². The van der Waals surface area contributed by atoms with E-state index in [1.807, 2.05) is 6.20 Å². The smallest absolute Gasteiger partial charge is 0.129 e. The predicted molar refractivity (Wildman–Crippen MR) is 75.4 cm³/mol. The molecule has 4 heteroatoms. The second kappa shape index (κ2) is 5.83. The predicted octanol–water partition coefficient (Wildman–Crippen LogP) is 3.05. The molecule has 1 unspecified atom stereocenters. The Morgan fingerprint density at radius 2 is 2.18 bits per heavy atom. The molecule has 0 aliphatic carbocycles. The summed E-state index contributed by atoms with van der Waals surface area (Å²) in [4.78, 5) is 6.94. The molecule has 0 aromatic carbocycles. The summed E-state index contributed by atoms with van der Waals surface area (Å²) >= 11 is 3.43. The largest absolute Gasteiger partial charge is 0.366 e. The summed E-state index contributed by atoms with van der Waals surface area (Å²) in [6.07, 6.45) is 4.54. The van der Waals surface area contributed by atoms with Crippen molar-refractivity contribution in [3.63, 3.8) is 0 Å². The normalized spacial score (nSPS) is 18.3. The summed E-state index contributed by atoms with van der Waals surface area (Å²) in [5, 5.41) is 3.49. The number of aryl methyl sites for hydroxylation is 1. The van der Waals surface area contributed by atoms with Gasteiger partial charge in [0.15, 0.2) is 0 Å². The van der Waals surface area contributed by atoms with Crippen LogP contribution in [-0.4, -0.2) is 35.6 Å². The number of pyridine rings is 1. The Balaban J connectivity index is 1.90. The highest BCUT2D eigenvalue weighted by Gasteiger charge is 2.15. The van der Waals surface area contributed by atoms with Gasteiger partial charge in [-0.15, -0.1) is 0 Å². The van der Waals surface area contributed by atoms with Crippen LogP contribution >= 0.6 is 15.9 Å². The van der Waals surface area contributed by atoms with E-state index in [1.54, 1.807) is 0 Å². The third kappa shape index (κ3) is 3.68. The molecule has 17 heavy (non-hydrogen) atoms. The molecule has 1 atom stereocenters. The van der Waals surface area contributed by atoms with Crippen molar-refractivity contribution in [3.8, 4) is 0 Å². The lowest BCUT2D eigenvalue weighted by Gasteiger charge is -2.22. The SMILES string of the molecule is Cc1cc(Br)cnc1NC(C)CN1CCCC1. The number of aromatic nitrogens is 1. The lowest BCUT2D eigenvalue weighted by atomic mass is 10.2. The van der Waals surface area contributed by atoms with E-state index < -0.39 is 0 Å². The van der Waals surface area contributed by atoms with Crippen LogP contribution in [0.3, 0.4) is 0 Å². The van der Waals surface area contributed by atoms with Gasteiger partial charge in [-0.25, -0.2) is 4.98 Å². The van der Waals surface area contributed by atoms with Crippen molar-refractivity contribution in [2.75, 3.05) is 25.0 Å². The Bertz CT molecular complexity index is 375. The van der Waals surface area contributed by atoms with Gasteiger partial charge in [-0.1, -0.05) is 0 Å². The summed E-state index contributed by atoms with van der Waals surface area (Å²) in [5.74, 6) is 1.000. The van der Waals surface area contributed by atoms with Crippen LogP contribution in [0, 0.1) is 6.92 Å². The maximum atomic E-state index is 4.42. The van der Waals surface area contributed by atoms with Crippen molar-refractivity contribution in [2.24, 2.45) is 0 Å². The molecule has 1 saturated heterocycles. The highest BCUT2D eigenvalue weighted by Crippen LogP contribution is 2.18. The van der Waals surface area contributed by atoms with Gasteiger partial charge in [0.05, 0.1) is 0 Å². The number of nitrogens with one attached hydrogen (secondary N) is 1. The number of rotatable bonds is 4. The molecule has 0 spiro atoms. The molecular formula is C13H20BrN3. The summed E-state index contributed by atoms with van der Waals surface area (Å²) in [7, 11) is 0. The quantitative estimate of drug-likeness (QED) is 0.926. The van der Waals surface area contributed by atoms with E-state index in [1.165, 1.54) is 31.5 Å². The van der Waals surface area contributed by atoms with E-state index in [-0.39, 0.29) is 0 Å². The lowest BCUT2D eigenvalue weighted by Crippen LogP contribution is -2.33. The second-order valence-corrected chi connectivity index (χ2v) is 5.79. The molecule has 1 aliphatic rings. The molecule has 0 radical (unpaired) electrons. The molecule has 2 heterocycles. The maximum Gasteiger partial charge on any atom is 0.129 e. The van der Waals surface area contributed by atoms with Crippen LogP contribution in [-0.2, 0) is 0 Å². The topological polar surface area (TPSA) is 28.2 Å². The van der Waals surface area contributed by atoms with Gasteiger partial charge in [0.25, 0.3) is 0 Å². The first kappa shape index (κ1) is 12.8. The van der Waals surface area contributed by atoms with Gasteiger partial charge in [0.1, 0.15) is 5.82 Å². The minimum absolute atomic E-state index is 0.445. The Labute approximate surface area is 112 Å². The summed E-state index contributed by atoms with van der Waals surface area (Å²) < 4.78 is 1.03. The third-order valence-corrected chi connectivity index (χ3v) is 3.59. The number of hydrogen-bond acceptors (Lipinski definition) is 3. The zero-order valence-corrected chi connectivity index (χ0v) is 12.1. The molecule has 0 bridgehead atoms. The zero-order valence-electron chi connectivity index (χ0n) is 10.5. The van der Waals surface area contributed by atoms with Crippen molar-refractivity contribution in [3.05, 3.63) is 22.3 Å². The first-order chi connectivity index (χ1) is 8.15. The van der Waals surface area contributed by atoms with Gasteiger partial charge in [0.2, 0.25) is 0 Å². The fourth-order valence-corrected chi connectivity index (χ4v) is 2.77. The highest BCUT2D eigenvalue weighted by molar-refractivity contribution is 9.10. The van der Waals surface area contributed by atoms with E-state index in [0.717, 1.165) is 16.8 Å². The van der Waals surface area contributed by atoms with Crippen LogP contribution in [0.2, 0.25) is 0 Å². The molecule has 1 N–H and O–H groups in total. The van der Waals surface area contributed by atoms with E-state index in [4.69, 9.17) is 0 Å². The van der Waals surface area contributed by atoms with Crippen LogP contribution < -0.4 is 5.32 Å². The van der Waals surface area contributed by atoms with Crippen molar-refractivity contribution in [1.29, 1.82) is 0 Å². The number of nitrogens with zero attached hydrogens (tertiary/aromatic N) is 2. The average Bonchev–Trinajstić information content (AvgIpc) is 2.75. The third-order valence-electron chi connectivity index (χ3n) is 3.16. The zero-order chi connectivity index (χ0) is 12.3. The van der Waals surface area contributed by atoms with Gasteiger partial charge in [-0.3, -0.25) is 0 Å². The molecule has 1 aromatic heterocycles. The van der Waals surface area contributed by atoms with Gasteiger partial charge in [-0.2, -0.15) is 0 Å². The number of anilines is 1. The monoisotopic (exact) mass is 297 g/mol. The fraction of sp³-hybridized carbons (Fsp3) is 0.615. The van der Waals surface area contributed by atoms with Gasteiger partial charge < -0.3 is 10.2 Å². The van der Waals surface area contributed by atoms with Gasteiger partial charge in [-0.05, 0) is 67.3 Å². The van der Waals surface area contributed by atoms with Crippen molar-refractivity contribution in [2.45, 2.75) is 32.7 Å². The first-order valence-electron chi connectivity index (χ1n) is 6.26. The van der Waals surface area contributed by atoms with E-state index >= 15 is 0 Å². The van der Waals surface area contributed by atoms with Crippen molar-refractivity contribution in [1.82, 2.24) is 9.88 Å². The summed E-state index contributed by atoms with van der Waals surface area (Å²) in [6, 6.07) is 2.54. The van der Waals surface area contributed by atoms with E-state index in [2.05, 4.69) is 51.0 Å². The minimum atomic E-state index is 0.445. The molecule has 0 amide bonds. The Kier molecular flexibility index (Phi) is 4.40. The molecular weight excluding hydrogens is 278 g/mol. The second-order valence-electron chi connectivity index (χ2n) is 4.87. The molecule has 94 valence electrons. The average molecular weight is 298 g/mol. The molecule has 3 nitrogen and oxygen atoms in total. The molecule has 0 saturated carbocycles. The first-order valence-corrected chi connectivity index (χ1v) is 7.05. The highest BCUT2D eigenvalue weighted by atomic mass is 79.9. The van der Waals surface area contributed by atoms with Crippen LogP contribution in [0.5, 0.6) is 0 Å².